The molecule has 27 heavy (non-hydrogen) atoms. The van der Waals surface area contributed by atoms with Crippen LogP contribution in [0.25, 0.3) is 0 Å². The largest absolute Gasteiger partial charge is 0.485 e. The number of likely N-dealkylation sites (tertiary alicyclic amines) is 1. The van der Waals surface area contributed by atoms with Crippen LogP contribution in [0.3, 0.4) is 0 Å². The quantitative estimate of drug-likeness (QED) is 0.855. The molecule has 6 heteroatoms. The third-order valence-electron chi connectivity index (χ3n) is 5.40. The average molecular weight is 387 g/mol. The number of fused-ring (bicyclic) bond motifs is 1. The molecule has 1 aromatic carbocycles. The highest BCUT2D eigenvalue weighted by Crippen LogP contribution is 2.31. The van der Waals surface area contributed by atoms with Gasteiger partial charge in [0, 0.05) is 11.4 Å². The fourth-order valence-electron chi connectivity index (χ4n) is 3.69. The van der Waals surface area contributed by atoms with Gasteiger partial charge in [0.15, 0.2) is 11.5 Å². The van der Waals surface area contributed by atoms with E-state index in [0.717, 1.165) is 19.0 Å². The normalized spacial score (nSPS) is 21.6. The number of carbonyl (C=O) groups excluding carboxylic acids is 1. The van der Waals surface area contributed by atoms with Crippen LogP contribution in [0.4, 0.5) is 0 Å². The van der Waals surface area contributed by atoms with E-state index in [1.54, 1.807) is 11.3 Å². The fraction of sp³-hybridized carbons (Fsp3) is 0.476. The number of thiophene rings is 1. The Balaban J connectivity index is 1.38. The molecule has 3 heterocycles. The number of hydrogen-bond acceptors (Lipinski definition) is 5. The molecule has 2 unspecified atom stereocenters. The molecule has 5 nitrogen and oxygen atoms in total. The van der Waals surface area contributed by atoms with Gasteiger partial charge in [0.05, 0.1) is 6.04 Å². The summed E-state index contributed by atoms with van der Waals surface area (Å²) in [5, 5.41) is 5.20. The highest BCUT2D eigenvalue weighted by molar-refractivity contribution is 7.10. The zero-order chi connectivity index (χ0) is 18.6. The van der Waals surface area contributed by atoms with Crippen LogP contribution in [-0.2, 0) is 4.79 Å². The molecule has 0 radical (unpaired) electrons. The summed E-state index contributed by atoms with van der Waals surface area (Å²) in [6.45, 7) is 5.31. The molecule has 0 saturated carbocycles. The van der Waals surface area contributed by atoms with Crippen molar-refractivity contribution in [3.63, 3.8) is 0 Å². The molecular formula is C21H26N2O3S. The van der Waals surface area contributed by atoms with Gasteiger partial charge in [-0.05, 0) is 55.4 Å². The molecule has 1 saturated heterocycles. The Morgan fingerprint density at radius 3 is 2.74 bits per heavy atom. The van der Waals surface area contributed by atoms with Crippen molar-refractivity contribution in [1.82, 2.24) is 10.2 Å². The number of piperidine rings is 1. The number of nitrogens with zero attached hydrogens (tertiary/aromatic N) is 1. The molecule has 2 aromatic rings. The number of benzene rings is 1. The number of amides is 1. The van der Waals surface area contributed by atoms with E-state index in [-0.39, 0.29) is 18.6 Å². The lowest BCUT2D eigenvalue weighted by Gasteiger charge is -2.36. The summed E-state index contributed by atoms with van der Waals surface area (Å²) in [6.07, 6.45) is 1.82. The minimum absolute atomic E-state index is 0.114. The van der Waals surface area contributed by atoms with E-state index < -0.39 is 6.10 Å². The van der Waals surface area contributed by atoms with Gasteiger partial charge in [-0.15, -0.1) is 11.3 Å². The zero-order valence-electron chi connectivity index (χ0n) is 15.6. The van der Waals surface area contributed by atoms with E-state index in [2.05, 4.69) is 34.7 Å². The van der Waals surface area contributed by atoms with Gasteiger partial charge in [0.2, 0.25) is 6.10 Å². The lowest BCUT2D eigenvalue weighted by Crippen LogP contribution is -2.47. The molecule has 1 aromatic heterocycles. The third kappa shape index (κ3) is 4.28. The maximum atomic E-state index is 12.7. The van der Waals surface area contributed by atoms with Crippen LogP contribution in [0.5, 0.6) is 11.5 Å². The van der Waals surface area contributed by atoms with Crippen molar-refractivity contribution in [1.29, 1.82) is 0 Å². The molecule has 4 rings (SSSR count). The average Bonchev–Trinajstić information content (AvgIpc) is 3.23. The summed E-state index contributed by atoms with van der Waals surface area (Å²) in [5.41, 5.74) is 0. The van der Waals surface area contributed by atoms with Crippen LogP contribution in [0, 0.1) is 5.92 Å². The summed E-state index contributed by atoms with van der Waals surface area (Å²) < 4.78 is 11.5. The molecule has 0 aliphatic carbocycles. The number of nitrogens with one attached hydrogen (secondary N) is 1. The van der Waals surface area contributed by atoms with Crippen molar-refractivity contribution in [2.45, 2.75) is 31.9 Å². The lowest BCUT2D eigenvalue weighted by molar-refractivity contribution is -0.130. The summed E-state index contributed by atoms with van der Waals surface area (Å²) in [4.78, 5) is 16.5. The Hall–Kier alpha value is -2.05. The summed E-state index contributed by atoms with van der Waals surface area (Å²) in [6, 6.07) is 11.9. The highest BCUT2D eigenvalue weighted by Gasteiger charge is 2.30. The molecule has 1 fully saturated rings. The monoisotopic (exact) mass is 386 g/mol. The topological polar surface area (TPSA) is 50.8 Å². The van der Waals surface area contributed by atoms with Crippen LogP contribution < -0.4 is 14.8 Å². The first kappa shape index (κ1) is 18.3. The molecule has 0 bridgehead atoms. The minimum atomic E-state index is -0.606. The van der Waals surface area contributed by atoms with Crippen molar-refractivity contribution in [3.05, 3.63) is 46.7 Å². The zero-order valence-corrected chi connectivity index (χ0v) is 16.4. The van der Waals surface area contributed by atoms with E-state index in [4.69, 9.17) is 9.47 Å². The van der Waals surface area contributed by atoms with E-state index in [0.29, 0.717) is 18.0 Å². The Bertz CT molecular complexity index is 757. The van der Waals surface area contributed by atoms with Crippen molar-refractivity contribution in [2.24, 2.45) is 5.92 Å². The van der Waals surface area contributed by atoms with Gasteiger partial charge in [-0.1, -0.05) is 25.1 Å². The Kier molecular flexibility index (Phi) is 5.64. The van der Waals surface area contributed by atoms with Gasteiger partial charge in [0.1, 0.15) is 6.61 Å². The van der Waals surface area contributed by atoms with Crippen LogP contribution in [0.2, 0.25) is 0 Å². The predicted octanol–water partition coefficient (Wildman–Crippen LogP) is 3.48. The first-order valence-corrected chi connectivity index (χ1v) is 10.5. The van der Waals surface area contributed by atoms with Gasteiger partial charge in [0.25, 0.3) is 5.91 Å². The molecule has 0 spiro atoms. The first-order chi connectivity index (χ1) is 13.2. The second-order valence-electron chi connectivity index (χ2n) is 7.36. The number of carbonyl (C=O) groups is 1. The van der Waals surface area contributed by atoms with Gasteiger partial charge >= 0.3 is 0 Å². The minimum Gasteiger partial charge on any atom is -0.485 e. The lowest BCUT2D eigenvalue weighted by atomic mass is 9.97. The molecule has 2 aliphatic rings. The third-order valence-corrected chi connectivity index (χ3v) is 6.37. The fourth-order valence-corrected chi connectivity index (χ4v) is 4.55. The van der Waals surface area contributed by atoms with Gasteiger partial charge in [-0.3, -0.25) is 9.69 Å². The van der Waals surface area contributed by atoms with Crippen molar-refractivity contribution >= 4 is 17.2 Å². The molecule has 2 aliphatic heterocycles. The summed E-state index contributed by atoms with van der Waals surface area (Å²) in [5.74, 6) is 1.99. The smallest absolute Gasteiger partial charge is 0.264 e. The SMILES string of the molecule is CC1CCN(C(CNC(=O)C2COc3ccccc3O2)c2cccs2)CC1. The summed E-state index contributed by atoms with van der Waals surface area (Å²) in [7, 11) is 0. The second-order valence-corrected chi connectivity index (χ2v) is 8.34. The van der Waals surface area contributed by atoms with Crippen LogP contribution in [0.15, 0.2) is 41.8 Å². The Morgan fingerprint density at radius 1 is 1.22 bits per heavy atom. The van der Waals surface area contributed by atoms with Crippen LogP contribution in [0.1, 0.15) is 30.7 Å². The number of ether oxygens (including phenoxy) is 2. The Labute approximate surface area is 164 Å². The maximum absolute atomic E-state index is 12.7. The molecular weight excluding hydrogens is 360 g/mol. The molecule has 1 N–H and O–H groups in total. The molecule has 2 atom stereocenters. The van der Waals surface area contributed by atoms with E-state index >= 15 is 0 Å². The van der Waals surface area contributed by atoms with Crippen molar-refractivity contribution < 1.29 is 14.3 Å². The number of hydrogen-bond donors (Lipinski definition) is 1. The predicted molar refractivity (Wildman–Crippen MR) is 106 cm³/mol. The molecule has 144 valence electrons. The number of para-hydroxylation sites is 2. The standard InChI is InChI=1S/C21H26N2O3S/c1-15-8-10-23(11-9-15)16(20-7-4-12-27-20)13-22-21(24)19-14-25-17-5-2-3-6-18(17)26-19/h2-7,12,15-16,19H,8-11,13-14H2,1H3,(H,22,24). The second kappa shape index (κ2) is 8.31. The molecule has 1 amide bonds. The van der Waals surface area contributed by atoms with Gasteiger partial charge in [-0.25, -0.2) is 0 Å². The van der Waals surface area contributed by atoms with Gasteiger partial charge in [-0.2, -0.15) is 0 Å². The Morgan fingerprint density at radius 2 is 2.00 bits per heavy atom. The van der Waals surface area contributed by atoms with E-state index in [1.807, 2.05) is 24.3 Å². The van der Waals surface area contributed by atoms with Crippen molar-refractivity contribution in [2.75, 3.05) is 26.2 Å². The van der Waals surface area contributed by atoms with Crippen LogP contribution in [-0.4, -0.2) is 43.2 Å². The van der Waals surface area contributed by atoms with E-state index in [1.165, 1.54) is 17.7 Å². The summed E-state index contributed by atoms with van der Waals surface area (Å²) >= 11 is 1.75. The van der Waals surface area contributed by atoms with E-state index in [9.17, 15) is 4.79 Å². The van der Waals surface area contributed by atoms with Gasteiger partial charge < -0.3 is 14.8 Å². The van der Waals surface area contributed by atoms with Crippen LogP contribution >= 0.6 is 11.3 Å². The highest BCUT2D eigenvalue weighted by atomic mass is 32.1. The maximum Gasteiger partial charge on any atom is 0.264 e. The first-order valence-electron chi connectivity index (χ1n) is 9.64. The van der Waals surface area contributed by atoms with Crippen molar-refractivity contribution in [3.8, 4) is 11.5 Å². The number of rotatable bonds is 5.